The second-order valence-electron chi connectivity index (χ2n) is 5.64. The molecule has 0 saturated carbocycles. The summed E-state index contributed by atoms with van der Waals surface area (Å²) in [6.45, 7) is 4.86. The highest BCUT2D eigenvalue weighted by Crippen LogP contribution is 2.24. The number of benzene rings is 1. The first-order valence-corrected chi connectivity index (χ1v) is 7.79. The van der Waals surface area contributed by atoms with E-state index < -0.39 is 0 Å². The molecule has 4 nitrogen and oxygen atoms in total. The molecule has 0 bridgehead atoms. The molecule has 1 saturated heterocycles. The third-order valence-electron chi connectivity index (χ3n) is 4.15. The Morgan fingerprint density at radius 2 is 2.29 bits per heavy atom. The van der Waals surface area contributed by atoms with Crippen molar-refractivity contribution in [2.24, 2.45) is 0 Å². The minimum atomic E-state index is 0.0931. The molecule has 112 valence electrons. The number of hydrogen-bond acceptors (Lipinski definition) is 3. The Balaban J connectivity index is 1.89. The van der Waals surface area contributed by atoms with E-state index in [4.69, 9.17) is 4.42 Å². The molecule has 1 aliphatic rings. The Labute approximate surface area is 125 Å². The van der Waals surface area contributed by atoms with Gasteiger partial charge in [-0.05, 0) is 31.9 Å². The number of carbonyl (C=O) groups is 1. The van der Waals surface area contributed by atoms with E-state index in [2.05, 4.69) is 12.2 Å². The van der Waals surface area contributed by atoms with Gasteiger partial charge in [0.05, 0.1) is 5.56 Å². The molecule has 0 spiro atoms. The number of carbonyl (C=O) groups excluding carboxylic acids is 1. The molecule has 1 unspecified atom stereocenters. The molecular formula is C17H22N2O2. The SMILES string of the molecule is CCCN(C(=O)c1coc2ccccc12)C1CCCNC1. The van der Waals surface area contributed by atoms with Crippen molar-refractivity contribution in [3.05, 3.63) is 36.1 Å². The summed E-state index contributed by atoms with van der Waals surface area (Å²) in [5.41, 5.74) is 1.46. The third-order valence-corrected chi connectivity index (χ3v) is 4.15. The Kier molecular flexibility index (Phi) is 4.25. The van der Waals surface area contributed by atoms with Gasteiger partial charge in [0.15, 0.2) is 0 Å². The van der Waals surface area contributed by atoms with Crippen LogP contribution in [0.5, 0.6) is 0 Å². The molecule has 1 amide bonds. The van der Waals surface area contributed by atoms with Crippen LogP contribution in [-0.4, -0.2) is 36.5 Å². The highest BCUT2D eigenvalue weighted by atomic mass is 16.3. The van der Waals surface area contributed by atoms with Gasteiger partial charge in [-0.15, -0.1) is 0 Å². The zero-order valence-corrected chi connectivity index (χ0v) is 12.5. The molecule has 1 fully saturated rings. The van der Waals surface area contributed by atoms with Crippen LogP contribution in [0, 0.1) is 0 Å². The number of piperidine rings is 1. The standard InChI is InChI=1S/C17H22N2O2/c1-2-10-19(13-6-5-9-18-11-13)17(20)15-12-21-16-8-4-3-7-14(15)16/h3-4,7-8,12-13,18H,2,5-6,9-11H2,1H3. The van der Waals surface area contributed by atoms with E-state index in [0.717, 1.165) is 49.9 Å². The van der Waals surface area contributed by atoms with Gasteiger partial charge in [0.2, 0.25) is 0 Å². The molecule has 0 aliphatic carbocycles. The lowest BCUT2D eigenvalue weighted by Gasteiger charge is -2.34. The topological polar surface area (TPSA) is 45.5 Å². The number of rotatable bonds is 4. The maximum absolute atomic E-state index is 12.9. The molecule has 4 heteroatoms. The first kappa shape index (κ1) is 14.1. The molecule has 1 aromatic heterocycles. The predicted octanol–water partition coefficient (Wildman–Crippen LogP) is 3.04. The predicted molar refractivity (Wildman–Crippen MR) is 83.4 cm³/mol. The largest absolute Gasteiger partial charge is 0.463 e. The highest BCUT2D eigenvalue weighted by molar-refractivity contribution is 6.06. The molecule has 3 rings (SSSR count). The van der Waals surface area contributed by atoms with E-state index in [0.29, 0.717) is 11.6 Å². The number of nitrogens with zero attached hydrogens (tertiary/aromatic N) is 1. The lowest BCUT2D eigenvalue weighted by atomic mass is 10.0. The summed E-state index contributed by atoms with van der Waals surface area (Å²) < 4.78 is 5.52. The van der Waals surface area contributed by atoms with E-state index in [9.17, 15) is 4.79 Å². The van der Waals surface area contributed by atoms with Gasteiger partial charge in [0, 0.05) is 24.5 Å². The first-order chi connectivity index (χ1) is 10.3. The highest BCUT2D eigenvalue weighted by Gasteiger charge is 2.27. The van der Waals surface area contributed by atoms with Crippen LogP contribution in [0.2, 0.25) is 0 Å². The summed E-state index contributed by atoms with van der Waals surface area (Å²) in [4.78, 5) is 15.0. The van der Waals surface area contributed by atoms with Crippen molar-refractivity contribution in [2.75, 3.05) is 19.6 Å². The van der Waals surface area contributed by atoms with Gasteiger partial charge in [0.1, 0.15) is 11.8 Å². The number of nitrogens with one attached hydrogen (secondary N) is 1. The Bertz CT molecular complexity index is 614. The van der Waals surface area contributed by atoms with Crippen LogP contribution in [-0.2, 0) is 0 Å². The molecule has 0 radical (unpaired) electrons. The minimum absolute atomic E-state index is 0.0931. The summed E-state index contributed by atoms with van der Waals surface area (Å²) in [6.07, 6.45) is 4.78. The molecule has 2 heterocycles. The summed E-state index contributed by atoms with van der Waals surface area (Å²) >= 11 is 0. The van der Waals surface area contributed by atoms with Gasteiger partial charge >= 0.3 is 0 Å². The Hall–Kier alpha value is -1.81. The zero-order chi connectivity index (χ0) is 14.7. The molecule has 1 N–H and O–H groups in total. The van der Waals surface area contributed by atoms with Crippen molar-refractivity contribution in [2.45, 2.75) is 32.2 Å². The second-order valence-corrected chi connectivity index (χ2v) is 5.64. The van der Waals surface area contributed by atoms with Crippen molar-refractivity contribution in [3.63, 3.8) is 0 Å². The van der Waals surface area contributed by atoms with E-state index in [1.807, 2.05) is 29.2 Å². The van der Waals surface area contributed by atoms with Crippen LogP contribution >= 0.6 is 0 Å². The Morgan fingerprint density at radius 1 is 1.43 bits per heavy atom. The average Bonchev–Trinajstić information content (AvgIpc) is 2.97. The number of fused-ring (bicyclic) bond motifs is 1. The van der Waals surface area contributed by atoms with Crippen molar-refractivity contribution >= 4 is 16.9 Å². The van der Waals surface area contributed by atoms with Gasteiger partial charge in [-0.1, -0.05) is 25.1 Å². The molecular weight excluding hydrogens is 264 g/mol. The number of furan rings is 1. The van der Waals surface area contributed by atoms with Crippen LogP contribution in [0.1, 0.15) is 36.5 Å². The average molecular weight is 286 g/mol. The quantitative estimate of drug-likeness (QED) is 0.939. The van der Waals surface area contributed by atoms with Crippen LogP contribution < -0.4 is 5.32 Å². The lowest BCUT2D eigenvalue weighted by molar-refractivity contribution is 0.0650. The lowest BCUT2D eigenvalue weighted by Crippen LogP contribution is -2.49. The zero-order valence-electron chi connectivity index (χ0n) is 12.5. The fraction of sp³-hybridized carbons (Fsp3) is 0.471. The fourth-order valence-electron chi connectivity index (χ4n) is 3.09. The number of para-hydroxylation sites is 1. The molecule has 21 heavy (non-hydrogen) atoms. The third kappa shape index (κ3) is 2.81. The van der Waals surface area contributed by atoms with Gasteiger partial charge in [0.25, 0.3) is 5.91 Å². The molecule has 1 aromatic carbocycles. The summed E-state index contributed by atoms with van der Waals surface area (Å²) in [6, 6.07) is 8.02. The number of hydrogen-bond donors (Lipinski definition) is 1. The van der Waals surface area contributed by atoms with E-state index >= 15 is 0 Å². The van der Waals surface area contributed by atoms with E-state index in [-0.39, 0.29) is 5.91 Å². The summed E-state index contributed by atoms with van der Waals surface area (Å²) in [5, 5.41) is 4.30. The smallest absolute Gasteiger partial charge is 0.258 e. The summed E-state index contributed by atoms with van der Waals surface area (Å²) in [5.74, 6) is 0.0931. The fourth-order valence-corrected chi connectivity index (χ4v) is 3.09. The second kappa shape index (κ2) is 6.31. The van der Waals surface area contributed by atoms with Crippen LogP contribution in [0.4, 0.5) is 0 Å². The maximum atomic E-state index is 12.9. The van der Waals surface area contributed by atoms with Crippen LogP contribution in [0.3, 0.4) is 0 Å². The van der Waals surface area contributed by atoms with E-state index in [1.54, 1.807) is 6.26 Å². The van der Waals surface area contributed by atoms with Gasteiger partial charge in [-0.3, -0.25) is 4.79 Å². The maximum Gasteiger partial charge on any atom is 0.258 e. The summed E-state index contributed by atoms with van der Waals surface area (Å²) in [7, 11) is 0. The van der Waals surface area contributed by atoms with Crippen molar-refractivity contribution < 1.29 is 9.21 Å². The first-order valence-electron chi connectivity index (χ1n) is 7.79. The van der Waals surface area contributed by atoms with E-state index in [1.165, 1.54) is 0 Å². The molecule has 1 aliphatic heterocycles. The van der Waals surface area contributed by atoms with Crippen LogP contribution in [0.25, 0.3) is 11.0 Å². The minimum Gasteiger partial charge on any atom is -0.463 e. The van der Waals surface area contributed by atoms with Crippen LogP contribution in [0.15, 0.2) is 34.9 Å². The number of amides is 1. The van der Waals surface area contributed by atoms with Crippen molar-refractivity contribution in [3.8, 4) is 0 Å². The van der Waals surface area contributed by atoms with Gasteiger partial charge in [-0.2, -0.15) is 0 Å². The van der Waals surface area contributed by atoms with Gasteiger partial charge in [-0.25, -0.2) is 0 Å². The molecule has 2 aromatic rings. The Morgan fingerprint density at radius 3 is 3.05 bits per heavy atom. The molecule has 1 atom stereocenters. The van der Waals surface area contributed by atoms with Crippen molar-refractivity contribution in [1.82, 2.24) is 10.2 Å². The normalized spacial score (nSPS) is 18.8. The van der Waals surface area contributed by atoms with Crippen molar-refractivity contribution in [1.29, 1.82) is 0 Å². The monoisotopic (exact) mass is 286 g/mol. The van der Waals surface area contributed by atoms with Gasteiger partial charge < -0.3 is 14.6 Å².